The molecule has 0 aliphatic rings. The summed E-state index contributed by atoms with van der Waals surface area (Å²) in [5, 5.41) is 2.06. The van der Waals surface area contributed by atoms with Gasteiger partial charge in [-0.25, -0.2) is 0 Å². The van der Waals surface area contributed by atoms with E-state index in [1.165, 1.54) is 0 Å². The van der Waals surface area contributed by atoms with Gasteiger partial charge >= 0.3 is 0 Å². The first-order valence-corrected chi connectivity index (χ1v) is 5.37. The lowest BCUT2D eigenvalue weighted by Crippen LogP contribution is -2.01. The van der Waals surface area contributed by atoms with Crippen LogP contribution in [-0.2, 0) is 6.54 Å². The predicted molar refractivity (Wildman–Crippen MR) is 63.9 cm³/mol. The van der Waals surface area contributed by atoms with Gasteiger partial charge in [-0.3, -0.25) is 4.98 Å². The minimum absolute atomic E-state index is 0.420. The second-order valence-electron chi connectivity index (χ2n) is 3.13. The molecule has 0 aliphatic carbocycles. The summed E-state index contributed by atoms with van der Waals surface area (Å²) in [4.78, 5) is 4.25. The fourth-order valence-electron chi connectivity index (χ4n) is 1.63. The lowest BCUT2D eigenvalue weighted by molar-refractivity contribution is 0.419. The molecule has 3 nitrogen and oxygen atoms in total. The number of nitrogens with two attached hydrogens (primary N) is 1. The molecule has 0 atom stereocenters. The highest BCUT2D eigenvalue weighted by Crippen LogP contribution is 2.32. The van der Waals surface area contributed by atoms with Crippen molar-refractivity contribution in [3.63, 3.8) is 0 Å². The first kappa shape index (κ1) is 10.4. The van der Waals surface area contributed by atoms with E-state index in [2.05, 4.69) is 20.9 Å². The van der Waals surface area contributed by atoms with Crippen molar-refractivity contribution in [1.82, 2.24) is 4.98 Å². The van der Waals surface area contributed by atoms with Crippen LogP contribution in [0.25, 0.3) is 10.8 Å². The van der Waals surface area contributed by atoms with E-state index in [1.54, 1.807) is 13.3 Å². The molecule has 0 bridgehead atoms. The average molecular weight is 267 g/mol. The maximum atomic E-state index is 5.65. The summed E-state index contributed by atoms with van der Waals surface area (Å²) in [5.41, 5.74) is 6.53. The van der Waals surface area contributed by atoms with Gasteiger partial charge in [0.1, 0.15) is 5.75 Å². The number of benzene rings is 1. The van der Waals surface area contributed by atoms with E-state index < -0.39 is 0 Å². The zero-order valence-corrected chi connectivity index (χ0v) is 9.91. The molecule has 2 aromatic rings. The van der Waals surface area contributed by atoms with E-state index in [0.29, 0.717) is 6.54 Å². The Kier molecular flexibility index (Phi) is 2.88. The van der Waals surface area contributed by atoms with Gasteiger partial charge in [0, 0.05) is 28.0 Å². The highest BCUT2D eigenvalue weighted by atomic mass is 79.9. The summed E-state index contributed by atoms with van der Waals surface area (Å²) >= 11 is 3.50. The zero-order chi connectivity index (χ0) is 10.8. The van der Waals surface area contributed by atoms with Crippen molar-refractivity contribution >= 4 is 26.7 Å². The van der Waals surface area contributed by atoms with Crippen LogP contribution in [0.2, 0.25) is 0 Å². The number of methoxy groups -OCH3 is 1. The van der Waals surface area contributed by atoms with Crippen LogP contribution in [0.5, 0.6) is 5.75 Å². The predicted octanol–water partition coefficient (Wildman–Crippen LogP) is 2.46. The Hall–Kier alpha value is -1.13. The molecule has 0 spiro atoms. The Bertz CT molecular complexity index is 499. The van der Waals surface area contributed by atoms with Gasteiger partial charge in [-0.15, -0.1) is 0 Å². The third-order valence-corrected chi connectivity index (χ3v) is 2.99. The molecule has 78 valence electrons. The second kappa shape index (κ2) is 4.16. The monoisotopic (exact) mass is 266 g/mol. The maximum absolute atomic E-state index is 5.65. The summed E-state index contributed by atoms with van der Waals surface area (Å²) in [5.74, 6) is 0.838. The topological polar surface area (TPSA) is 48.1 Å². The number of nitrogens with zero attached hydrogens (tertiary/aromatic N) is 1. The molecular weight excluding hydrogens is 256 g/mol. The smallest absolute Gasteiger partial charge is 0.126 e. The molecule has 4 heteroatoms. The van der Waals surface area contributed by atoms with Gasteiger partial charge in [0.15, 0.2) is 0 Å². The van der Waals surface area contributed by atoms with Crippen molar-refractivity contribution in [2.24, 2.45) is 5.73 Å². The SMILES string of the molecule is COc1ccc(Br)c2c(CN)nccc12. The van der Waals surface area contributed by atoms with E-state index in [4.69, 9.17) is 10.5 Å². The molecule has 0 fully saturated rings. The van der Waals surface area contributed by atoms with Gasteiger partial charge in [0.2, 0.25) is 0 Å². The summed E-state index contributed by atoms with van der Waals surface area (Å²) in [6.45, 7) is 0.420. The van der Waals surface area contributed by atoms with Crippen LogP contribution >= 0.6 is 15.9 Å². The van der Waals surface area contributed by atoms with Gasteiger partial charge in [0.25, 0.3) is 0 Å². The van der Waals surface area contributed by atoms with Crippen molar-refractivity contribution in [3.8, 4) is 5.75 Å². The standard InChI is InChI=1S/C11H11BrN2O/c1-15-10-3-2-8(12)11-7(10)4-5-14-9(11)6-13/h2-5H,6,13H2,1H3. The molecule has 0 amide bonds. The van der Waals surface area contributed by atoms with E-state index in [0.717, 1.165) is 26.7 Å². The van der Waals surface area contributed by atoms with E-state index in [-0.39, 0.29) is 0 Å². The van der Waals surface area contributed by atoms with Gasteiger partial charge in [-0.1, -0.05) is 15.9 Å². The molecule has 0 saturated carbocycles. The fourth-order valence-corrected chi connectivity index (χ4v) is 2.21. The third-order valence-electron chi connectivity index (χ3n) is 2.33. The molecule has 1 aromatic heterocycles. The van der Waals surface area contributed by atoms with Gasteiger partial charge in [0.05, 0.1) is 12.8 Å². The Morgan fingerprint density at radius 2 is 2.20 bits per heavy atom. The molecule has 1 heterocycles. The number of hydrogen-bond donors (Lipinski definition) is 1. The molecule has 0 unspecified atom stereocenters. The number of rotatable bonds is 2. The van der Waals surface area contributed by atoms with Crippen molar-refractivity contribution in [1.29, 1.82) is 0 Å². The second-order valence-corrected chi connectivity index (χ2v) is 3.99. The number of aromatic nitrogens is 1. The largest absolute Gasteiger partial charge is 0.496 e. The van der Waals surface area contributed by atoms with Crippen molar-refractivity contribution in [2.75, 3.05) is 7.11 Å². The number of ether oxygens (including phenoxy) is 1. The number of pyridine rings is 1. The van der Waals surface area contributed by atoms with Crippen LogP contribution in [0.15, 0.2) is 28.9 Å². The Labute approximate surface area is 96.4 Å². The summed E-state index contributed by atoms with van der Waals surface area (Å²) < 4.78 is 6.28. The number of fused-ring (bicyclic) bond motifs is 1. The summed E-state index contributed by atoms with van der Waals surface area (Å²) in [7, 11) is 1.66. The van der Waals surface area contributed by atoms with Crippen LogP contribution in [-0.4, -0.2) is 12.1 Å². The molecule has 0 saturated heterocycles. The van der Waals surface area contributed by atoms with Gasteiger partial charge in [-0.2, -0.15) is 0 Å². The molecular formula is C11H11BrN2O. The fraction of sp³-hybridized carbons (Fsp3) is 0.182. The molecule has 1 aromatic carbocycles. The minimum atomic E-state index is 0.420. The average Bonchev–Trinajstić information content (AvgIpc) is 2.29. The van der Waals surface area contributed by atoms with Crippen LogP contribution in [0.4, 0.5) is 0 Å². The summed E-state index contributed by atoms with van der Waals surface area (Å²) in [6, 6.07) is 5.80. The Morgan fingerprint density at radius 1 is 1.40 bits per heavy atom. The first-order chi connectivity index (χ1) is 7.27. The van der Waals surface area contributed by atoms with Gasteiger partial charge < -0.3 is 10.5 Å². The molecule has 0 aliphatic heterocycles. The first-order valence-electron chi connectivity index (χ1n) is 4.58. The van der Waals surface area contributed by atoms with Crippen LogP contribution < -0.4 is 10.5 Å². The van der Waals surface area contributed by atoms with Crippen LogP contribution in [0.1, 0.15) is 5.69 Å². The Balaban J connectivity index is 2.86. The van der Waals surface area contributed by atoms with E-state index >= 15 is 0 Å². The van der Waals surface area contributed by atoms with Crippen LogP contribution in [0.3, 0.4) is 0 Å². The number of hydrogen-bond acceptors (Lipinski definition) is 3. The van der Waals surface area contributed by atoms with E-state index in [1.807, 2.05) is 18.2 Å². The maximum Gasteiger partial charge on any atom is 0.126 e. The van der Waals surface area contributed by atoms with Crippen LogP contribution in [0, 0.1) is 0 Å². The highest BCUT2D eigenvalue weighted by Gasteiger charge is 2.08. The minimum Gasteiger partial charge on any atom is -0.496 e. The number of halogens is 1. The zero-order valence-electron chi connectivity index (χ0n) is 8.33. The van der Waals surface area contributed by atoms with Crippen molar-refractivity contribution in [2.45, 2.75) is 6.54 Å². The quantitative estimate of drug-likeness (QED) is 0.909. The Morgan fingerprint density at radius 3 is 2.87 bits per heavy atom. The molecule has 15 heavy (non-hydrogen) atoms. The molecule has 2 N–H and O–H groups in total. The highest BCUT2D eigenvalue weighted by molar-refractivity contribution is 9.10. The van der Waals surface area contributed by atoms with Gasteiger partial charge in [-0.05, 0) is 18.2 Å². The van der Waals surface area contributed by atoms with Crippen molar-refractivity contribution in [3.05, 3.63) is 34.6 Å². The van der Waals surface area contributed by atoms with E-state index in [9.17, 15) is 0 Å². The summed E-state index contributed by atoms with van der Waals surface area (Å²) in [6.07, 6.45) is 1.75. The lowest BCUT2D eigenvalue weighted by atomic mass is 10.1. The molecule has 0 radical (unpaired) electrons. The molecule has 2 rings (SSSR count). The third kappa shape index (κ3) is 1.70. The normalized spacial score (nSPS) is 10.6. The van der Waals surface area contributed by atoms with Crippen molar-refractivity contribution < 1.29 is 4.74 Å². The lowest BCUT2D eigenvalue weighted by Gasteiger charge is -2.09.